The van der Waals surface area contributed by atoms with Crippen LogP contribution in [0, 0.1) is 0 Å². The third-order valence-corrected chi connectivity index (χ3v) is 4.03. The molecule has 0 fully saturated rings. The van der Waals surface area contributed by atoms with E-state index in [4.69, 9.17) is 9.47 Å². The highest BCUT2D eigenvalue weighted by Gasteiger charge is 2.15. The van der Waals surface area contributed by atoms with Gasteiger partial charge in [0.1, 0.15) is 12.4 Å². The van der Waals surface area contributed by atoms with E-state index in [1.165, 1.54) is 0 Å². The lowest BCUT2D eigenvalue weighted by Crippen LogP contribution is -2.30. The molecular weight excluding hydrogens is 412 g/mol. The summed E-state index contributed by atoms with van der Waals surface area (Å²) in [4.78, 5) is 24.9. The number of hydrogen-bond donors (Lipinski definition) is 2. The second-order valence-corrected chi connectivity index (χ2v) is 7.06. The molecule has 0 atom stereocenters. The van der Waals surface area contributed by atoms with Crippen LogP contribution in [0.5, 0.6) is 5.75 Å². The Kier molecular flexibility index (Phi) is 7.82. The Morgan fingerprint density at radius 2 is 1.85 bits per heavy atom. The first-order valence-corrected chi connectivity index (χ1v) is 9.33. The van der Waals surface area contributed by atoms with Gasteiger partial charge in [-0.25, -0.2) is 0 Å². The molecule has 2 N–H and O–H groups in total. The van der Waals surface area contributed by atoms with Crippen molar-refractivity contribution in [2.24, 2.45) is 0 Å². The number of ether oxygens (including phenoxy) is 2. The summed E-state index contributed by atoms with van der Waals surface area (Å²) >= 11 is 3.37. The predicted octanol–water partition coefficient (Wildman–Crippen LogP) is 3.86. The molecule has 2 aromatic carbocycles. The Morgan fingerprint density at radius 3 is 2.56 bits per heavy atom. The van der Waals surface area contributed by atoms with Crippen molar-refractivity contribution in [1.82, 2.24) is 5.32 Å². The number of anilines is 1. The van der Waals surface area contributed by atoms with E-state index in [1.807, 2.05) is 13.8 Å². The molecule has 0 saturated carbocycles. The minimum Gasteiger partial charge on any atom is -0.490 e. The molecule has 27 heavy (non-hydrogen) atoms. The standard InChI is InChI=1S/C20H23BrN2O4/c1-13(2)22-19(24)14-5-4-6-16(11-14)23-20(25)17-12-15(21)7-8-18(17)27-10-9-26-3/h4-8,11-13H,9-10H2,1-3H3,(H,22,24)(H,23,25). The molecule has 0 saturated heterocycles. The molecule has 2 aromatic rings. The molecule has 0 aliphatic heterocycles. The monoisotopic (exact) mass is 434 g/mol. The fraction of sp³-hybridized carbons (Fsp3) is 0.300. The first-order chi connectivity index (χ1) is 12.9. The molecule has 0 aromatic heterocycles. The lowest BCUT2D eigenvalue weighted by molar-refractivity contribution is 0.0941. The number of amides is 2. The van der Waals surface area contributed by atoms with Crippen molar-refractivity contribution in [2.75, 3.05) is 25.6 Å². The maximum Gasteiger partial charge on any atom is 0.259 e. The van der Waals surface area contributed by atoms with Crippen LogP contribution in [0.1, 0.15) is 34.6 Å². The van der Waals surface area contributed by atoms with Crippen LogP contribution in [0.3, 0.4) is 0 Å². The van der Waals surface area contributed by atoms with Gasteiger partial charge in [0.2, 0.25) is 0 Å². The Morgan fingerprint density at radius 1 is 1.07 bits per heavy atom. The molecule has 2 rings (SSSR count). The van der Waals surface area contributed by atoms with Crippen LogP contribution in [0.4, 0.5) is 5.69 Å². The number of rotatable bonds is 8. The number of nitrogens with one attached hydrogen (secondary N) is 2. The second kappa shape index (κ2) is 10.1. The van der Waals surface area contributed by atoms with E-state index in [1.54, 1.807) is 49.6 Å². The van der Waals surface area contributed by atoms with Crippen LogP contribution >= 0.6 is 15.9 Å². The van der Waals surface area contributed by atoms with E-state index in [0.29, 0.717) is 35.8 Å². The maximum absolute atomic E-state index is 12.7. The van der Waals surface area contributed by atoms with E-state index < -0.39 is 0 Å². The van der Waals surface area contributed by atoms with Crippen molar-refractivity contribution in [3.63, 3.8) is 0 Å². The molecule has 0 spiro atoms. The third-order valence-electron chi connectivity index (χ3n) is 3.53. The summed E-state index contributed by atoms with van der Waals surface area (Å²) in [5.74, 6) is -0.0567. The number of methoxy groups -OCH3 is 1. The molecule has 0 aliphatic rings. The van der Waals surface area contributed by atoms with Gasteiger partial charge in [0.15, 0.2) is 0 Å². The third kappa shape index (κ3) is 6.37. The normalized spacial score (nSPS) is 10.6. The van der Waals surface area contributed by atoms with E-state index in [-0.39, 0.29) is 17.9 Å². The number of hydrogen-bond acceptors (Lipinski definition) is 4. The number of carbonyl (C=O) groups is 2. The van der Waals surface area contributed by atoms with Gasteiger partial charge in [-0.3, -0.25) is 9.59 Å². The Balaban J connectivity index is 2.17. The number of carbonyl (C=O) groups excluding carboxylic acids is 2. The smallest absolute Gasteiger partial charge is 0.259 e. The zero-order valence-corrected chi connectivity index (χ0v) is 17.1. The average molecular weight is 435 g/mol. The quantitative estimate of drug-likeness (QED) is 0.618. The molecule has 0 aliphatic carbocycles. The minimum atomic E-state index is -0.329. The lowest BCUT2D eigenvalue weighted by atomic mass is 10.1. The summed E-state index contributed by atoms with van der Waals surface area (Å²) in [5, 5.41) is 5.64. The summed E-state index contributed by atoms with van der Waals surface area (Å²) in [7, 11) is 1.58. The topological polar surface area (TPSA) is 76.7 Å². The van der Waals surface area contributed by atoms with E-state index in [0.717, 1.165) is 4.47 Å². The Hall–Kier alpha value is -2.38. The predicted molar refractivity (Wildman–Crippen MR) is 109 cm³/mol. The number of benzene rings is 2. The first kappa shape index (κ1) is 20.9. The van der Waals surface area contributed by atoms with Gasteiger partial charge in [0.25, 0.3) is 11.8 Å². The van der Waals surface area contributed by atoms with Crippen molar-refractivity contribution in [1.29, 1.82) is 0 Å². The van der Waals surface area contributed by atoms with Gasteiger partial charge in [0.05, 0.1) is 12.2 Å². The van der Waals surface area contributed by atoms with Gasteiger partial charge >= 0.3 is 0 Å². The summed E-state index contributed by atoms with van der Waals surface area (Å²) in [6, 6.07) is 12.0. The minimum absolute atomic E-state index is 0.0317. The van der Waals surface area contributed by atoms with E-state index >= 15 is 0 Å². The van der Waals surface area contributed by atoms with Crippen LogP contribution in [0.15, 0.2) is 46.9 Å². The molecule has 0 radical (unpaired) electrons. The van der Waals surface area contributed by atoms with Gasteiger partial charge < -0.3 is 20.1 Å². The second-order valence-electron chi connectivity index (χ2n) is 6.14. The van der Waals surface area contributed by atoms with Gasteiger partial charge in [-0.2, -0.15) is 0 Å². The summed E-state index contributed by atoms with van der Waals surface area (Å²) < 4.78 is 11.4. The van der Waals surface area contributed by atoms with Gasteiger partial charge in [-0.05, 0) is 50.2 Å². The Labute approximate surface area is 167 Å². The molecule has 0 unspecified atom stereocenters. The summed E-state index contributed by atoms with van der Waals surface area (Å²) in [6.45, 7) is 4.54. The number of halogens is 1. The molecule has 0 bridgehead atoms. The highest BCUT2D eigenvalue weighted by atomic mass is 79.9. The molecule has 0 heterocycles. The van der Waals surface area contributed by atoms with Crippen molar-refractivity contribution < 1.29 is 19.1 Å². The van der Waals surface area contributed by atoms with Crippen LogP contribution in [0.2, 0.25) is 0 Å². The van der Waals surface area contributed by atoms with Crippen LogP contribution in [-0.2, 0) is 4.74 Å². The SMILES string of the molecule is COCCOc1ccc(Br)cc1C(=O)Nc1cccc(C(=O)NC(C)C)c1. The summed E-state index contributed by atoms with van der Waals surface area (Å²) in [5.41, 5.74) is 1.39. The largest absolute Gasteiger partial charge is 0.490 e. The van der Waals surface area contributed by atoms with Crippen molar-refractivity contribution in [3.8, 4) is 5.75 Å². The summed E-state index contributed by atoms with van der Waals surface area (Å²) in [6.07, 6.45) is 0. The van der Waals surface area contributed by atoms with Crippen LogP contribution in [-0.4, -0.2) is 38.2 Å². The average Bonchev–Trinajstić information content (AvgIpc) is 2.62. The molecule has 144 valence electrons. The van der Waals surface area contributed by atoms with Crippen LogP contribution < -0.4 is 15.4 Å². The van der Waals surface area contributed by atoms with Crippen molar-refractivity contribution >= 4 is 33.4 Å². The molecule has 7 heteroatoms. The first-order valence-electron chi connectivity index (χ1n) is 8.54. The zero-order valence-electron chi connectivity index (χ0n) is 15.5. The van der Waals surface area contributed by atoms with Crippen molar-refractivity contribution in [2.45, 2.75) is 19.9 Å². The van der Waals surface area contributed by atoms with Crippen molar-refractivity contribution in [3.05, 3.63) is 58.1 Å². The fourth-order valence-electron chi connectivity index (χ4n) is 2.32. The lowest BCUT2D eigenvalue weighted by Gasteiger charge is -2.13. The van der Waals surface area contributed by atoms with Gasteiger partial charge in [-0.1, -0.05) is 22.0 Å². The maximum atomic E-state index is 12.7. The highest BCUT2D eigenvalue weighted by molar-refractivity contribution is 9.10. The molecular formula is C20H23BrN2O4. The molecule has 2 amide bonds. The Bertz CT molecular complexity index is 808. The zero-order chi connectivity index (χ0) is 19.8. The fourth-order valence-corrected chi connectivity index (χ4v) is 2.68. The highest BCUT2D eigenvalue weighted by Crippen LogP contribution is 2.24. The van der Waals surface area contributed by atoms with Gasteiger partial charge in [0, 0.05) is 28.9 Å². The molecule has 6 nitrogen and oxygen atoms in total. The van der Waals surface area contributed by atoms with Gasteiger partial charge in [-0.15, -0.1) is 0 Å². The van der Waals surface area contributed by atoms with Crippen LogP contribution in [0.25, 0.3) is 0 Å². The van der Waals surface area contributed by atoms with E-state index in [2.05, 4.69) is 26.6 Å². The van der Waals surface area contributed by atoms with E-state index in [9.17, 15) is 9.59 Å².